The predicted octanol–water partition coefficient (Wildman–Crippen LogP) is 3.12. The number of aliphatic imine (C=N–C) groups is 1. The maximum atomic E-state index is 13.2. The number of guanidine groups is 1. The van der Waals surface area contributed by atoms with E-state index in [1.54, 1.807) is 12.1 Å². The van der Waals surface area contributed by atoms with E-state index in [1.165, 1.54) is 43.6 Å². The van der Waals surface area contributed by atoms with Gasteiger partial charge in [-0.15, -0.1) is 0 Å². The molecule has 7 heteroatoms. The molecule has 1 amide bonds. The Bertz CT molecular complexity index is 847. The van der Waals surface area contributed by atoms with Gasteiger partial charge in [-0.3, -0.25) is 9.69 Å². The molecule has 3 N–H and O–H groups in total. The fourth-order valence-electron chi connectivity index (χ4n) is 3.40. The van der Waals surface area contributed by atoms with E-state index in [9.17, 15) is 9.18 Å². The van der Waals surface area contributed by atoms with Crippen LogP contribution in [0.2, 0.25) is 0 Å². The quantitative estimate of drug-likeness (QED) is 0.461. The normalized spacial score (nSPS) is 14.5. The number of halogens is 1. The van der Waals surface area contributed by atoms with Crippen LogP contribution in [0.4, 0.5) is 10.1 Å². The first-order chi connectivity index (χ1) is 14.6. The SMILES string of the molecule is CCNC(=NCc1ccc(CN2CCCC2)cc1)NCC(=O)Nc1cccc(F)c1. The van der Waals surface area contributed by atoms with Crippen LogP contribution in [-0.2, 0) is 17.9 Å². The first-order valence-corrected chi connectivity index (χ1v) is 10.5. The number of benzene rings is 2. The van der Waals surface area contributed by atoms with Crippen molar-refractivity contribution in [1.82, 2.24) is 15.5 Å². The standard InChI is InChI=1S/C23H30FN5O/c1-2-25-23(27-16-22(30)28-21-7-5-6-20(24)14-21)26-15-18-8-10-19(11-9-18)17-29-12-3-4-13-29/h5-11,14H,2-4,12-13,15-17H2,1H3,(H,28,30)(H2,25,26,27). The molecule has 3 rings (SSSR count). The van der Waals surface area contributed by atoms with Crippen molar-refractivity contribution in [2.24, 2.45) is 4.99 Å². The summed E-state index contributed by atoms with van der Waals surface area (Å²) in [6, 6.07) is 14.4. The Hall–Kier alpha value is -2.93. The van der Waals surface area contributed by atoms with Crippen LogP contribution in [0.3, 0.4) is 0 Å². The molecule has 30 heavy (non-hydrogen) atoms. The maximum Gasteiger partial charge on any atom is 0.243 e. The van der Waals surface area contributed by atoms with Crippen LogP contribution in [0.5, 0.6) is 0 Å². The largest absolute Gasteiger partial charge is 0.357 e. The zero-order valence-electron chi connectivity index (χ0n) is 17.5. The van der Waals surface area contributed by atoms with Crippen molar-refractivity contribution in [2.75, 3.05) is 31.5 Å². The number of amides is 1. The molecule has 2 aromatic rings. The van der Waals surface area contributed by atoms with Gasteiger partial charge in [-0.1, -0.05) is 30.3 Å². The van der Waals surface area contributed by atoms with Gasteiger partial charge in [0.05, 0.1) is 13.1 Å². The Labute approximate surface area is 177 Å². The van der Waals surface area contributed by atoms with E-state index >= 15 is 0 Å². The highest BCUT2D eigenvalue weighted by atomic mass is 19.1. The lowest BCUT2D eigenvalue weighted by Crippen LogP contribution is -2.41. The molecule has 0 spiro atoms. The minimum Gasteiger partial charge on any atom is -0.357 e. The molecular weight excluding hydrogens is 381 g/mol. The summed E-state index contributed by atoms with van der Waals surface area (Å²) in [6.45, 7) is 6.60. The number of nitrogens with zero attached hydrogens (tertiary/aromatic N) is 2. The highest BCUT2D eigenvalue weighted by molar-refractivity contribution is 5.94. The molecule has 1 heterocycles. The molecule has 1 fully saturated rings. The summed E-state index contributed by atoms with van der Waals surface area (Å²) in [5, 5.41) is 8.81. The van der Waals surface area contributed by atoms with E-state index in [0.29, 0.717) is 24.7 Å². The minimum absolute atomic E-state index is 0.0388. The monoisotopic (exact) mass is 411 g/mol. The van der Waals surface area contributed by atoms with Gasteiger partial charge in [0.2, 0.25) is 5.91 Å². The van der Waals surface area contributed by atoms with Gasteiger partial charge >= 0.3 is 0 Å². The van der Waals surface area contributed by atoms with Crippen LogP contribution >= 0.6 is 0 Å². The number of hydrogen-bond donors (Lipinski definition) is 3. The summed E-state index contributed by atoms with van der Waals surface area (Å²) >= 11 is 0. The second-order valence-corrected chi connectivity index (χ2v) is 7.41. The molecule has 0 atom stereocenters. The summed E-state index contributed by atoms with van der Waals surface area (Å²) in [5.41, 5.74) is 2.86. The number of hydrogen-bond acceptors (Lipinski definition) is 3. The molecule has 0 radical (unpaired) electrons. The third kappa shape index (κ3) is 7.15. The van der Waals surface area contributed by atoms with Crippen molar-refractivity contribution in [3.8, 4) is 0 Å². The van der Waals surface area contributed by atoms with Crippen LogP contribution in [0.1, 0.15) is 30.9 Å². The lowest BCUT2D eigenvalue weighted by atomic mass is 10.1. The van der Waals surface area contributed by atoms with E-state index in [4.69, 9.17) is 0 Å². The molecule has 1 saturated heterocycles. The topological polar surface area (TPSA) is 68.8 Å². The van der Waals surface area contributed by atoms with Crippen LogP contribution in [0.25, 0.3) is 0 Å². The minimum atomic E-state index is -0.387. The Balaban J connectivity index is 1.49. The summed E-state index contributed by atoms with van der Waals surface area (Å²) in [7, 11) is 0. The maximum absolute atomic E-state index is 13.2. The van der Waals surface area contributed by atoms with Crippen molar-refractivity contribution in [2.45, 2.75) is 32.9 Å². The van der Waals surface area contributed by atoms with Gasteiger partial charge in [0.25, 0.3) is 0 Å². The molecule has 0 bridgehead atoms. The number of nitrogens with one attached hydrogen (secondary N) is 3. The van der Waals surface area contributed by atoms with Gasteiger partial charge in [0.1, 0.15) is 5.82 Å². The fraction of sp³-hybridized carbons (Fsp3) is 0.391. The third-order valence-electron chi connectivity index (χ3n) is 4.92. The average Bonchev–Trinajstić information content (AvgIpc) is 3.24. The number of carbonyl (C=O) groups is 1. The Morgan fingerprint density at radius 3 is 2.50 bits per heavy atom. The Morgan fingerprint density at radius 2 is 1.80 bits per heavy atom. The zero-order chi connectivity index (χ0) is 21.2. The van der Waals surface area contributed by atoms with Crippen molar-refractivity contribution in [3.63, 3.8) is 0 Å². The van der Waals surface area contributed by atoms with Crippen molar-refractivity contribution in [3.05, 3.63) is 65.5 Å². The second kappa shape index (κ2) is 11.3. The van der Waals surface area contributed by atoms with E-state index < -0.39 is 0 Å². The molecule has 0 aromatic heterocycles. The molecule has 0 saturated carbocycles. The molecule has 2 aromatic carbocycles. The number of rotatable bonds is 8. The van der Waals surface area contributed by atoms with Gasteiger partial charge < -0.3 is 16.0 Å². The van der Waals surface area contributed by atoms with Gasteiger partial charge in [0.15, 0.2) is 5.96 Å². The van der Waals surface area contributed by atoms with Crippen LogP contribution in [0.15, 0.2) is 53.5 Å². The van der Waals surface area contributed by atoms with E-state index in [1.807, 2.05) is 6.92 Å². The third-order valence-corrected chi connectivity index (χ3v) is 4.92. The van der Waals surface area contributed by atoms with E-state index in [0.717, 1.165) is 12.1 Å². The van der Waals surface area contributed by atoms with Crippen molar-refractivity contribution < 1.29 is 9.18 Å². The van der Waals surface area contributed by atoms with Crippen LogP contribution in [-0.4, -0.2) is 42.9 Å². The average molecular weight is 412 g/mol. The summed E-state index contributed by atoms with van der Waals surface area (Å²) in [5.74, 6) is -0.0902. The first kappa shape index (κ1) is 21.8. The van der Waals surface area contributed by atoms with Crippen molar-refractivity contribution in [1.29, 1.82) is 0 Å². The molecule has 0 aliphatic carbocycles. The van der Waals surface area contributed by atoms with Crippen LogP contribution < -0.4 is 16.0 Å². The van der Waals surface area contributed by atoms with Gasteiger partial charge in [0, 0.05) is 18.8 Å². The zero-order valence-corrected chi connectivity index (χ0v) is 17.5. The van der Waals surface area contributed by atoms with Gasteiger partial charge in [-0.05, 0) is 62.2 Å². The summed E-state index contributed by atoms with van der Waals surface area (Å²) < 4.78 is 13.2. The van der Waals surface area contributed by atoms with Crippen LogP contribution in [0, 0.1) is 5.82 Å². The molecule has 160 valence electrons. The van der Waals surface area contributed by atoms with E-state index in [2.05, 4.69) is 50.1 Å². The summed E-state index contributed by atoms with van der Waals surface area (Å²) in [6.07, 6.45) is 2.60. The lowest BCUT2D eigenvalue weighted by molar-refractivity contribution is -0.115. The van der Waals surface area contributed by atoms with E-state index in [-0.39, 0.29) is 18.3 Å². The van der Waals surface area contributed by atoms with Crippen molar-refractivity contribution >= 4 is 17.6 Å². The highest BCUT2D eigenvalue weighted by Crippen LogP contribution is 2.13. The first-order valence-electron chi connectivity index (χ1n) is 10.5. The number of anilines is 1. The Kier molecular flexibility index (Phi) is 8.20. The lowest BCUT2D eigenvalue weighted by Gasteiger charge is -2.14. The second-order valence-electron chi connectivity index (χ2n) is 7.41. The molecule has 1 aliphatic heterocycles. The molecule has 1 aliphatic rings. The Morgan fingerprint density at radius 1 is 1.07 bits per heavy atom. The highest BCUT2D eigenvalue weighted by Gasteiger charge is 2.11. The van der Waals surface area contributed by atoms with Gasteiger partial charge in [-0.25, -0.2) is 9.38 Å². The molecular formula is C23H30FN5O. The number of carbonyl (C=O) groups excluding carboxylic acids is 1. The molecule has 6 nitrogen and oxygen atoms in total. The smallest absolute Gasteiger partial charge is 0.243 e. The number of likely N-dealkylation sites (tertiary alicyclic amines) is 1. The van der Waals surface area contributed by atoms with Gasteiger partial charge in [-0.2, -0.15) is 0 Å². The predicted molar refractivity (Wildman–Crippen MR) is 119 cm³/mol. The molecule has 0 unspecified atom stereocenters. The fourth-order valence-corrected chi connectivity index (χ4v) is 3.40. The summed E-state index contributed by atoms with van der Waals surface area (Å²) in [4.78, 5) is 19.1.